The molecule has 0 saturated carbocycles. The average Bonchev–Trinajstić information content (AvgIpc) is 2.12. The second-order valence-corrected chi connectivity index (χ2v) is 2.48. The topological polar surface area (TPSA) is 6.48 Å². The zero-order valence-corrected chi connectivity index (χ0v) is 5.89. The summed E-state index contributed by atoms with van der Waals surface area (Å²) in [6, 6.07) is 0. The second kappa shape index (κ2) is 2.38. The van der Waals surface area contributed by atoms with Crippen molar-refractivity contribution in [3.8, 4) is 5.92 Å². The molecular formula is C7H11N2-. The molecule has 0 bridgehead atoms. The zero-order chi connectivity index (χ0) is 6.85. The monoisotopic (exact) mass is 123 g/mol. The molecule has 0 spiro atoms. The van der Waals surface area contributed by atoms with Crippen LogP contribution in [0, 0.1) is 12.3 Å². The van der Waals surface area contributed by atoms with Crippen molar-refractivity contribution in [2.24, 2.45) is 0 Å². The third-order valence-corrected chi connectivity index (χ3v) is 1.77. The van der Waals surface area contributed by atoms with Crippen molar-refractivity contribution < 1.29 is 0 Å². The van der Waals surface area contributed by atoms with E-state index >= 15 is 0 Å². The normalized spacial score (nSPS) is 24.6. The van der Waals surface area contributed by atoms with Crippen LogP contribution in [0.15, 0.2) is 0 Å². The van der Waals surface area contributed by atoms with Gasteiger partial charge in [0.1, 0.15) is 0 Å². The molecule has 0 radical (unpaired) electrons. The van der Waals surface area contributed by atoms with Crippen molar-refractivity contribution in [2.75, 3.05) is 27.2 Å². The highest BCUT2D eigenvalue weighted by atomic mass is 15.4. The lowest BCUT2D eigenvalue weighted by molar-refractivity contribution is 0.247. The summed E-state index contributed by atoms with van der Waals surface area (Å²) >= 11 is 0. The third-order valence-electron chi connectivity index (χ3n) is 1.77. The first kappa shape index (κ1) is 6.60. The summed E-state index contributed by atoms with van der Waals surface area (Å²) in [6.45, 7) is 2.10. The molecule has 0 aromatic carbocycles. The Kier molecular flexibility index (Phi) is 1.75. The van der Waals surface area contributed by atoms with Gasteiger partial charge in [-0.25, -0.2) is 0 Å². The molecule has 1 aliphatic rings. The Morgan fingerprint density at radius 2 is 1.78 bits per heavy atom. The van der Waals surface area contributed by atoms with E-state index in [1.807, 2.05) is 14.1 Å². The van der Waals surface area contributed by atoms with Crippen LogP contribution >= 0.6 is 0 Å². The van der Waals surface area contributed by atoms with Crippen molar-refractivity contribution >= 4 is 0 Å². The average molecular weight is 123 g/mol. The highest BCUT2D eigenvalue weighted by Gasteiger charge is 2.20. The molecule has 0 unspecified atom stereocenters. The number of rotatable bonds is 0. The van der Waals surface area contributed by atoms with Crippen LogP contribution in [0.3, 0.4) is 0 Å². The van der Waals surface area contributed by atoms with E-state index in [1.54, 1.807) is 0 Å². The van der Waals surface area contributed by atoms with Gasteiger partial charge in [0, 0.05) is 13.1 Å². The molecule has 1 aliphatic heterocycles. The van der Waals surface area contributed by atoms with E-state index in [2.05, 4.69) is 15.7 Å². The van der Waals surface area contributed by atoms with Gasteiger partial charge in [0.2, 0.25) is 0 Å². The van der Waals surface area contributed by atoms with Gasteiger partial charge in [0.05, 0.1) is 6.17 Å². The van der Waals surface area contributed by atoms with Gasteiger partial charge < -0.3 is 12.3 Å². The summed E-state index contributed by atoms with van der Waals surface area (Å²) in [7, 11) is 4.02. The lowest BCUT2D eigenvalue weighted by atomic mass is 10.5. The molecule has 9 heavy (non-hydrogen) atoms. The molecule has 0 aliphatic carbocycles. The molecule has 1 fully saturated rings. The Bertz CT molecular complexity index is 126. The number of likely N-dealkylation sites (N-methyl/N-ethyl adjacent to an activating group) is 2. The van der Waals surface area contributed by atoms with Crippen molar-refractivity contribution in [2.45, 2.75) is 6.17 Å². The number of nitrogens with zero attached hydrogens (tertiary/aromatic N) is 2. The Labute approximate surface area is 56.4 Å². The van der Waals surface area contributed by atoms with E-state index in [0.29, 0.717) is 0 Å². The fourth-order valence-corrected chi connectivity index (χ4v) is 1.12. The minimum absolute atomic E-state index is 0.116. The highest BCUT2D eigenvalue weighted by molar-refractivity contribution is 4.96. The summed E-state index contributed by atoms with van der Waals surface area (Å²) in [5.74, 6) is 2.47. The van der Waals surface area contributed by atoms with Crippen LogP contribution in [0.25, 0.3) is 0 Å². The lowest BCUT2D eigenvalue weighted by Crippen LogP contribution is -2.32. The molecular weight excluding hydrogens is 112 g/mol. The molecule has 1 rings (SSSR count). The van der Waals surface area contributed by atoms with Gasteiger partial charge in [-0.3, -0.25) is 9.80 Å². The summed E-state index contributed by atoms with van der Waals surface area (Å²) < 4.78 is 0. The maximum absolute atomic E-state index is 6.93. The van der Waals surface area contributed by atoms with Crippen LogP contribution in [0.1, 0.15) is 0 Å². The van der Waals surface area contributed by atoms with E-state index in [9.17, 15) is 0 Å². The van der Waals surface area contributed by atoms with Gasteiger partial charge in [0.15, 0.2) is 0 Å². The summed E-state index contributed by atoms with van der Waals surface area (Å²) in [6.07, 6.45) is 7.04. The standard InChI is InChI=1S/C7H11N2/c1-4-7-8(2)5-6-9(7)3/h7H,5-6H2,2-3H3/q-1. The van der Waals surface area contributed by atoms with Crippen LogP contribution in [0.2, 0.25) is 0 Å². The van der Waals surface area contributed by atoms with Gasteiger partial charge >= 0.3 is 0 Å². The van der Waals surface area contributed by atoms with E-state index < -0.39 is 0 Å². The predicted molar refractivity (Wildman–Crippen MR) is 36.2 cm³/mol. The largest absolute Gasteiger partial charge is 0.691 e. The summed E-state index contributed by atoms with van der Waals surface area (Å²) in [5, 5.41) is 0. The van der Waals surface area contributed by atoms with E-state index in [4.69, 9.17) is 6.42 Å². The molecule has 0 N–H and O–H groups in total. The number of hydrogen-bond acceptors (Lipinski definition) is 2. The Balaban J connectivity index is 2.57. The van der Waals surface area contributed by atoms with E-state index in [-0.39, 0.29) is 6.17 Å². The quantitative estimate of drug-likeness (QED) is 0.324. The molecule has 0 amide bonds. The third kappa shape index (κ3) is 1.07. The van der Waals surface area contributed by atoms with E-state index in [1.165, 1.54) is 0 Å². The van der Waals surface area contributed by atoms with Gasteiger partial charge in [-0.1, -0.05) is 0 Å². The molecule has 0 aromatic rings. The van der Waals surface area contributed by atoms with Crippen LogP contribution in [-0.4, -0.2) is 43.2 Å². The number of hydrogen-bond donors (Lipinski definition) is 0. The molecule has 1 saturated heterocycles. The highest BCUT2D eigenvalue weighted by Crippen LogP contribution is 2.07. The van der Waals surface area contributed by atoms with Crippen LogP contribution in [0.4, 0.5) is 0 Å². The van der Waals surface area contributed by atoms with Crippen LogP contribution < -0.4 is 0 Å². The summed E-state index contributed by atoms with van der Waals surface area (Å²) in [5.41, 5.74) is 0. The molecule has 2 nitrogen and oxygen atoms in total. The molecule has 2 heteroatoms. The van der Waals surface area contributed by atoms with Crippen molar-refractivity contribution in [1.82, 2.24) is 9.80 Å². The summed E-state index contributed by atoms with van der Waals surface area (Å²) in [4.78, 5) is 4.21. The molecule has 0 atom stereocenters. The van der Waals surface area contributed by atoms with Crippen molar-refractivity contribution in [3.63, 3.8) is 0 Å². The Morgan fingerprint density at radius 3 is 2.00 bits per heavy atom. The lowest BCUT2D eigenvalue weighted by Gasteiger charge is -2.22. The minimum atomic E-state index is 0.116. The Morgan fingerprint density at radius 1 is 1.33 bits per heavy atom. The van der Waals surface area contributed by atoms with Crippen LogP contribution in [-0.2, 0) is 0 Å². The molecule has 0 aromatic heterocycles. The molecule has 50 valence electrons. The smallest absolute Gasteiger partial charge is 0.0865 e. The predicted octanol–water partition coefficient (Wildman–Crippen LogP) is -0.221. The van der Waals surface area contributed by atoms with Crippen molar-refractivity contribution in [1.29, 1.82) is 0 Å². The maximum Gasteiger partial charge on any atom is 0.0865 e. The zero-order valence-electron chi connectivity index (χ0n) is 5.89. The van der Waals surface area contributed by atoms with Gasteiger partial charge in [-0.15, -0.1) is 0 Å². The van der Waals surface area contributed by atoms with Crippen LogP contribution in [0.5, 0.6) is 0 Å². The van der Waals surface area contributed by atoms with Gasteiger partial charge in [-0.05, 0) is 14.1 Å². The van der Waals surface area contributed by atoms with Gasteiger partial charge in [-0.2, -0.15) is 0 Å². The van der Waals surface area contributed by atoms with Gasteiger partial charge in [0.25, 0.3) is 0 Å². The molecule has 1 heterocycles. The SMILES string of the molecule is [C-]#CC1N(C)CCN1C. The minimum Gasteiger partial charge on any atom is -0.691 e. The first-order valence-corrected chi connectivity index (χ1v) is 3.08. The first-order chi connectivity index (χ1) is 4.25. The first-order valence-electron chi connectivity index (χ1n) is 3.08. The van der Waals surface area contributed by atoms with E-state index in [0.717, 1.165) is 13.1 Å². The Hall–Kier alpha value is -0.520. The second-order valence-electron chi connectivity index (χ2n) is 2.48. The fourth-order valence-electron chi connectivity index (χ4n) is 1.12. The fraction of sp³-hybridized carbons (Fsp3) is 0.714. The maximum atomic E-state index is 6.93. The van der Waals surface area contributed by atoms with Crippen molar-refractivity contribution in [3.05, 3.63) is 6.42 Å².